The number of benzene rings is 2. The molecule has 0 saturated carbocycles. The van der Waals surface area contributed by atoms with E-state index in [1.165, 1.54) is 3.57 Å². The van der Waals surface area contributed by atoms with Crippen molar-refractivity contribution < 1.29 is 4.74 Å². The summed E-state index contributed by atoms with van der Waals surface area (Å²) in [6.45, 7) is 2.62. The minimum Gasteiger partial charge on any atom is -0.493 e. The van der Waals surface area contributed by atoms with Crippen molar-refractivity contribution >= 4 is 50.1 Å². The Labute approximate surface area is 140 Å². The van der Waals surface area contributed by atoms with Crippen LogP contribution in [-0.2, 0) is 0 Å². The lowest BCUT2D eigenvalue weighted by Gasteiger charge is -2.13. The average Bonchev–Trinajstić information content (AvgIpc) is 2.40. The van der Waals surface area contributed by atoms with Gasteiger partial charge in [-0.15, -0.1) is 11.6 Å². The molecule has 0 spiro atoms. The molecular weight excluding hydrogens is 438 g/mol. The van der Waals surface area contributed by atoms with Gasteiger partial charge in [0, 0.05) is 3.57 Å². The van der Waals surface area contributed by atoms with Gasteiger partial charge in [0.25, 0.3) is 0 Å². The molecule has 2 aromatic carbocycles. The second-order valence-electron chi connectivity index (χ2n) is 4.04. The van der Waals surface area contributed by atoms with Crippen molar-refractivity contribution in [1.82, 2.24) is 0 Å². The topological polar surface area (TPSA) is 9.23 Å². The molecule has 0 amide bonds. The van der Waals surface area contributed by atoms with Crippen LogP contribution in [0.1, 0.15) is 23.4 Å². The highest BCUT2D eigenvalue weighted by molar-refractivity contribution is 14.1. The Bertz CT molecular complexity index is 574. The van der Waals surface area contributed by atoms with Crippen molar-refractivity contribution in [3.05, 3.63) is 61.6 Å². The van der Waals surface area contributed by atoms with E-state index >= 15 is 0 Å². The van der Waals surface area contributed by atoms with Crippen LogP contribution in [-0.4, -0.2) is 6.61 Å². The van der Waals surface area contributed by atoms with Gasteiger partial charge in [0.1, 0.15) is 5.75 Å². The molecule has 2 rings (SSSR count). The van der Waals surface area contributed by atoms with Gasteiger partial charge in [-0.3, -0.25) is 0 Å². The third-order valence-electron chi connectivity index (χ3n) is 2.69. The predicted octanol–water partition coefficient (Wildman–Crippen LogP) is 5.78. The normalized spacial score (nSPS) is 12.2. The summed E-state index contributed by atoms with van der Waals surface area (Å²) in [5.74, 6) is 0.845. The highest BCUT2D eigenvalue weighted by Crippen LogP contribution is 2.34. The van der Waals surface area contributed by atoms with Crippen LogP contribution in [0.2, 0.25) is 0 Å². The smallest absolute Gasteiger partial charge is 0.133 e. The molecule has 100 valence electrons. The van der Waals surface area contributed by atoms with Gasteiger partial charge in [-0.1, -0.05) is 18.2 Å². The van der Waals surface area contributed by atoms with E-state index in [1.807, 2.05) is 37.3 Å². The van der Waals surface area contributed by atoms with E-state index in [0.717, 1.165) is 21.3 Å². The van der Waals surface area contributed by atoms with E-state index in [0.29, 0.717) is 6.61 Å². The molecule has 4 heteroatoms. The first-order valence-corrected chi connectivity index (χ1v) is 8.24. The molecule has 0 fully saturated rings. The SMILES string of the molecule is CCOc1ccc(C(Cl)c2cccc(I)c2)cc1Br. The molecule has 1 nitrogen and oxygen atoms in total. The molecule has 0 aliphatic heterocycles. The summed E-state index contributed by atoms with van der Waals surface area (Å²) in [5, 5.41) is -0.151. The fraction of sp³-hybridized carbons (Fsp3) is 0.200. The Balaban J connectivity index is 2.29. The molecule has 0 N–H and O–H groups in total. The minimum atomic E-state index is -0.151. The van der Waals surface area contributed by atoms with Gasteiger partial charge in [0.2, 0.25) is 0 Å². The van der Waals surface area contributed by atoms with E-state index < -0.39 is 0 Å². The Kier molecular flexibility index (Phi) is 5.54. The molecule has 0 aliphatic carbocycles. The van der Waals surface area contributed by atoms with Crippen LogP contribution in [0.4, 0.5) is 0 Å². The number of ether oxygens (including phenoxy) is 1. The Morgan fingerprint density at radius 2 is 1.95 bits per heavy atom. The van der Waals surface area contributed by atoms with E-state index in [2.05, 4.69) is 50.7 Å². The van der Waals surface area contributed by atoms with Gasteiger partial charge in [-0.05, 0) is 80.8 Å². The van der Waals surface area contributed by atoms with Gasteiger partial charge >= 0.3 is 0 Å². The molecule has 0 radical (unpaired) electrons. The number of alkyl halides is 1. The molecule has 2 aromatic rings. The molecule has 0 aromatic heterocycles. The van der Waals surface area contributed by atoms with Crippen molar-refractivity contribution in [1.29, 1.82) is 0 Å². The first-order valence-electron chi connectivity index (χ1n) is 5.93. The maximum absolute atomic E-state index is 6.54. The van der Waals surface area contributed by atoms with Crippen LogP contribution in [0.15, 0.2) is 46.9 Å². The zero-order chi connectivity index (χ0) is 13.8. The summed E-state index contributed by atoms with van der Waals surface area (Å²) in [5.41, 5.74) is 2.16. The molecular formula is C15H13BrClIO. The standard InChI is InChI=1S/C15H13BrClIO/c1-2-19-14-7-6-11(9-13(14)16)15(17)10-4-3-5-12(18)8-10/h3-9,15H,2H2,1H3. The number of rotatable bonds is 4. The summed E-state index contributed by atoms with van der Waals surface area (Å²) < 4.78 is 7.62. The second-order valence-corrected chi connectivity index (χ2v) is 6.58. The zero-order valence-corrected chi connectivity index (χ0v) is 14.9. The lowest BCUT2D eigenvalue weighted by Crippen LogP contribution is -1.96. The lowest BCUT2D eigenvalue weighted by molar-refractivity contribution is 0.338. The molecule has 0 saturated heterocycles. The molecule has 0 aliphatic rings. The van der Waals surface area contributed by atoms with Gasteiger partial charge in [0.05, 0.1) is 16.5 Å². The molecule has 1 unspecified atom stereocenters. The number of hydrogen-bond donors (Lipinski definition) is 0. The first kappa shape index (κ1) is 15.1. The predicted molar refractivity (Wildman–Crippen MR) is 92.2 cm³/mol. The van der Waals surface area contributed by atoms with Crippen LogP contribution in [0.25, 0.3) is 0 Å². The average molecular weight is 452 g/mol. The molecule has 19 heavy (non-hydrogen) atoms. The third-order valence-corrected chi connectivity index (χ3v) is 4.48. The second kappa shape index (κ2) is 6.95. The summed E-state index contributed by atoms with van der Waals surface area (Å²) in [7, 11) is 0. The molecule has 1 atom stereocenters. The molecule has 0 bridgehead atoms. The van der Waals surface area contributed by atoms with Crippen LogP contribution < -0.4 is 4.74 Å². The molecule has 0 heterocycles. The summed E-state index contributed by atoms with van der Waals surface area (Å²) in [6.07, 6.45) is 0. The van der Waals surface area contributed by atoms with Crippen LogP contribution >= 0.6 is 50.1 Å². The van der Waals surface area contributed by atoms with Crippen LogP contribution in [0, 0.1) is 3.57 Å². The maximum atomic E-state index is 6.54. The first-order chi connectivity index (χ1) is 9.11. The van der Waals surface area contributed by atoms with Crippen molar-refractivity contribution in [2.75, 3.05) is 6.61 Å². The van der Waals surface area contributed by atoms with Crippen molar-refractivity contribution in [2.45, 2.75) is 12.3 Å². The number of hydrogen-bond acceptors (Lipinski definition) is 1. The van der Waals surface area contributed by atoms with Gasteiger partial charge in [0.15, 0.2) is 0 Å². The fourth-order valence-corrected chi connectivity index (χ4v) is 3.15. The quantitative estimate of drug-likeness (QED) is 0.423. The monoisotopic (exact) mass is 450 g/mol. The number of halogens is 3. The van der Waals surface area contributed by atoms with Crippen molar-refractivity contribution in [3.63, 3.8) is 0 Å². The van der Waals surface area contributed by atoms with E-state index in [-0.39, 0.29) is 5.38 Å². The minimum absolute atomic E-state index is 0.151. The summed E-state index contributed by atoms with van der Waals surface area (Å²) in [4.78, 5) is 0. The Morgan fingerprint density at radius 3 is 2.58 bits per heavy atom. The summed E-state index contributed by atoms with van der Waals surface area (Å²) in [6, 6.07) is 14.2. The van der Waals surface area contributed by atoms with Gasteiger partial charge in [-0.25, -0.2) is 0 Å². The van der Waals surface area contributed by atoms with Gasteiger partial charge < -0.3 is 4.74 Å². The van der Waals surface area contributed by atoms with Crippen LogP contribution in [0.3, 0.4) is 0 Å². The third kappa shape index (κ3) is 3.86. The van der Waals surface area contributed by atoms with Crippen molar-refractivity contribution in [3.8, 4) is 5.75 Å². The van der Waals surface area contributed by atoms with Crippen LogP contribution in [0.5, 0.6) is 5.75 Å². The van der Waals surface area contributed by atoms with E-state index in [4.69, 9.17) is 16.3 Å². The maximum Gasteiger partial charge on any atom is 0.133 e. The van der Waals surface area contributed by atoms with Gasteiger partial charge in [-0.2, -0.15) is 0 Å². The Morgan fingerprint density at radius 1 is 1.21 bits per heavy atom. The Hall–Kier alpha value is -0.260. The summed E-state index contributed by atoms with van der Waals surface area (Å²) >= 11 is 12.4. The largest absolute Gasteiger partial charge is 0.493 e. The fourth-order valence-electron chi connectivity index (χ4n) is 1.80. The highest BCUT2D eigenvalue weighted by atomic mass is 127. The van der Waals surface area contributed by atoms with E-state index in [1.54, 1.807) is 0 Å². The van der Waals surface area contributed by atoms with Crippen molar-refractivity contribution in [2.24, 2.45) is 0 Å². The highest BCUT2D eigenvalue weighted by Gasteiger charge is 2.13. The van der Waals surface area contributed by atoms with E-state index in [9.17, 15) is 0 Å². The zero-order valence-electron chi connectivity index (χ0n) is 10.4. The lowest BCUT2D eigenvalue weighted by atomic mass is 10.0.